The van der Waals surface area contributed by atoms with E-state index in [1.165, 1.54) is 44.2 Å². The maximum atomic E-state index is 6.00. The average molecular weight is 275 g/mol. The van der Waals surface area contributed by atoms with E-state index in [0.717, 1.165) is 25.4 Å². The summed E-state index contributed by atoms with van der Waals surface area (Å²) < 4.78 is 0. The van der Waals surface area contributed by atoms with Crippen molar-refractivity contribution in [2.24, 2.45) is 11.7 Å². The van der Waals surface area contributed by atoms with Crippen molar-refractivity contribution in [1.29, 1.82) is 0 Å². The predicted octanol–water partition coefficient (Wildman–Crippen LogP) is 2.85. The van der Waals surface area contributed by atoms with Gasteiger partial charge in [-0.05, 0) is 31.5 Å². The Morgan fingerprint density at radius 1 is 1.30 bits per heavy atom. The first-order valence-corrected chi connectivity index (χ1v) is 8.10. The summed E-state index contributed by atoms with van der Waals surface area (Å²) in [6, 6.07) is 6.66. The van der Waals surface area contributed by atoms with E-state index >= 15 is 0 Å². The van der Waals surface area contributed by atoms with Gasteiger partial charge in [-0.25, -0.2) is 0 Å². The van der Waals surface area contributed by atoms with Crippen LogP contribution in [0.5, 0.6) is 0 Å². The number of aromatic nitrogens is 1. The molecule has 1 aromatic rings. The molecule has 1 aliphatic carbocycles. The van der Waals surface area contributed by atoms with E-state index in [4.69, 9.17) is 5.73 Å². The van der Waals surface area contributed by atoms with Gasteiger partial charge in [0.15, 0.2) is 0 Å². The summed E-state index contributed by atoms with van der Waals surface area (Å²) in [6.45, 7) is 1.82. The van der Waals surface area contributed by atoms with Gasteiger partial charge in [-0.3, -0.25) is 4.98 Å². The molecule has 3 nitrogen and oxygen atoms in total. The SMILES string of the molecule is CN(CCc1ccccn1)C(CN)CC1CCCCC1. The molecule has 0 radical (unpaired) electrons. The van der Waals surface area contributed by atoms with Gasteiger partial charge in [-0.15, -0.1) is 0 Å². The number of rotatable bonds is 7. The lowest BCUT2D eigenvalue weighted by Crippen LogP contribution is -2.40. The Morgan fingerprint density at radius 2 is 2.10 bits per heavy atom. The van der Waals surface area contributed by atoms with Crippen LogP contribution in [0.4, 0.5) is 0 Å². The third-order valence-corrected chi connectivity index (χ3v) is 4.67. The van der Waals surface area contributed by atoms with E-state index in [-0.39, 0.29) is 0 Å². The van der Waals surface area contributed by atoms with E-state index in [0.29, 0.717) is 6.04 Å². The van der Waals surface area contributed by atoms with Crippen LogP contribution in [0, 0.1) is 5.92 Å². The van der Waals surface area contributed by atoms with Crippen molar-refractivity contribution in [3.63, 3.8) is 0 Å². The highest BCUT2D eigenvalue weighted by molar-refractivity contribution is 5.03. The molecular weight excluding hydrogens is 246 g/mol. The van der Waals surface area contributed by atoms with Crippen molar-refractivity contribution in [2.45, 2.75) is 51.0 Å². The van der Waals surface area contributed by atoms with Crippen molar-refractivity contribution in [2.75, 3.05) is 20.1 Å². The lowest BCUT2D eigenvalue weighted by atomic mass is 9.84. The highest BCUT2D eigenvalue weighted by atomic mass is 15.1. The zero-order valence-corrected chi connectivity index (χ0v) is 12.8. The van der Waals surface area contributed by atoms with Crippen LogP contribution in [-0.2, 0) is 6.42 Å². The monoisotopic (exact) mass is 275 g/mol. The van der Waals surface area contributed by atoms with Gasteiger partial charge >= 0.3 is 0 Å². The predicted molar refractivity (Wildman–Crippen MR) is 84.6 cm³/mol. The molecule has 2 N–H and O–H groups in total. The first kappa shape index (κ1) is 15.5. The van der Waals surface area contributed by atoms with E-state index in [2.05, 4.69) is 29.1 Å². The number of nitrogens with zero attached hydrogens (tertiary/aromatic N) is 2. The smallest absolute Gasteiger partial charge is 0.0416 e. The van der Waals surface area contributed by atoms with E-state index in [1.807, 2.05) is 12.3 Å². The third kappa shape index (κ3) is 4.88. The van der Waals surface area contributed by atoms with Gasteiger partial charge in [-0.2, -0.15) is 0 Å². The summed E-state index contributed by atoms with van der Waals surface area (Å²) in [6.07, 6.45) is 11.2. The van der Waals surface area contributed by atoms with Gasteiger partial charge in [0.05, 0.1) is 0 Å². The number of nitrogens with two attached hydrogens (primary N) is 1. The summed E-state index contributed by atoms with van der Waals surface area (Å²) in [5, 5.41) is 0. The van der Waals surface area contributed by atoms with Crippen molar-refractivity contribution < 1.29 is 0 Å². The molecule has 2 rings (SSSR count). The average Bonchev–Trinajstić information content (AvgIpc) is 2.52. The standard InChI is InChI=1S/C17H29N3/c1-20(12-10-16-9-5-6-11-19-16)17(14-18)13-15-7-3-2-4-8-15/h5-6,9,11,15,17H,2-4,7-8,10,12-14,18H2,1H3. The van der Waals surface area contributed by atoms with Gasteiger partial charge in [0.25, 0.3) is 0 Å². The molecule has 1 aromatic heterocycles. The Hall–Kier alpha value is -0.930. The quantitative estimate of drug-likeness (QED) is 0.832. The first-order valence-electron chi connectivity index (χ1n) is 8.10. The van der Waals surface area contributed by atoms with Crippen LogP contribution in [0.1, 0.15) is 44.2 Å². The van der Waals surface area contributed by atoms with Crippen LogP contribution in [0.2, 0.25) is 0 Å². The van der Waals surface area contributed by atoms with Crippen LogP contribution in [-0.4, -0.2) is 36.1 Å². The van der Waals surface area contributed by atoms with Crippen LogP contribution in [0.25, 0.3) is 0 Å². The lowest BCUT2D eigenvalue weighted by molar-refractivity contribution is 0.192. The zero-order valence-electron chi connectivity index (χ0n) is 12.8. The topological polar surface area (TPSA) is 42.2 Å². The fourth-order valence-electron chi connectivity index (χ4n) is 3.28. The number of hydrogen-bond acceptors (Lipinski definition) is 3. The molecule has 0 amide bonds. The van der Waals surface area contributed by atoms with Crippen molar-refractivity contribution in [1.82, 2.24) is 9.88 Å². The number of pyridine rings is 1. The van der Waals surface area contributed by atoms with Crippen molar-refractivity contribution in [3.05, 3.63) is 30.1 Å². The first-order chi connectivity index (χ1) is 9.79. The molecule has 0 spiro atoms. The normalized spacial score (nSPS) is 18.4. The molecule has 112 valence electrons. The van der Waals surface area contributed by atoms with E-state index < -0.39 is 0 Å². The molecule has 0 saturated heterocycles. The Bertz CT molecular complexity index is 360. The molecule has 1 fully saturated rings. The molecule has 0 aliphatic heterocycles. The van der Waals surface area contributed by atoms with Gasteiger partial charge in [0.2, 0.25) is 0 Å². The largest absolute Gasteiger partial charge is 0.329 e. The Labute approximate surface area is 123 Å². The molecule has 1 unspecified atom stereocenters. The fraction of sp³-hybridized carbons (Fsp3) is 0.706. The van der Waals surface area contributed by atoms with E-state index in [9.17, 15) is 0 Å². The van der Waals surface area contributed by atoms with Gasteiger partial charge in [0, 0.05) is 37.4 Å². The lowest BCUT2D eigenvalue weighted by Gasteiger charge is -2.32. The molecule has 1 atom stereocenters. The molecule has 0 aromatic carbocycles. The summed E-state index contributed by atoms with van der Waals surface area (Å²) in [5.74, 6) is 0.898. The third-order valence-electron chi connectivity index (χ3n) is 4.67. The van der Waals surface area contributed by atoms with Crippen LogP contribution >= 0.6 is 0 Å². The van der Waals surface area contributed by atoms with Crippen LogP contribution in [0.3, 0.4) is 0 Å². The van der Waals surface area contributed by atoms with Crippen molar-refractivity contribution in [3.8, 4) is 0 Å². The summed E-state index contributed by atoms with van der Waals surface area (Å²) in [4.78, 5) is 6.83. The second-order valence-electron chi connectivity index (χ2n) is 6.18. The summed E-state index contributed by atoms with van der Waals surface area (Å²) in [5.41, 5.74) is 7.18. The minimum atomic E-state index is 0.529. The van der Waals surface area contributed by atoms with Gasteiger partial charge in [0.1, 0.15) is 0 Å². The molecular formula is C17H29N3. The highest BCUT2D eigenvalue weighted by Gasteiger charge is 2.20. The number of hydrogen-bond donors (Lipinski definition) is 1. The van der Waals surface area contributed by atoms with Crippen LogP contribution in [0.15, 0.2) is 24.4 Å². The molecule has 3 heteroatoms. The molecule has 1 heterocycles. The minimum Gasteiger partial charge on any atom is -0.329 e. The molecule has 1 saturated carbocycles. The fourth-order valence-corrected chi connectivity index (χ4v) is 3.28. The van der Waals surface area contributed by atoms with E-state index in [1.54, 1.807) is 0 Å². The zero-order chi connectivity index (χ0) is 14.2. The second-order valence-corrected chi connectivity index (χ2v) is 6.18. The molecule has 1 aliphatic rings. The van der Waals surface area contributed by atoms with Gasteiger partial charge in [-0.1, -0.05) is 38.2 Å². The minimum absolute atomic E-state index is 0.529. The molecule has 20 heavy (non-hydrogen) atoms. The van der Waals surface area contributed by atoms with Crippen molar-refractivity contribution >= 4 is 0 Å². The Morgan fingerprint density at radius 3 is 2.75 bits per heavy atom. The Kier molecular flexibility index (Phi) is 6.48. The maximum Gasteiger partial charge on any atom is 0.0416 e. The summed E-state index contributed by atoms with van der Waals surface area (Å²) in [7, 11) is 2.21. The summed E-state index contributed by atoms with van der Waals surface area (Å²) >= 11 is 0. The van der Waals surface area contributed by atoms with Crippen LogP contribution < -0.4 is 5.73 Å². The maximum absolute atomic E-state index is 6.00. The Balaban J connectivity index is 1.77. The molecule has 0 bridgehead atoms. The second kappa shape index (κ2) is 8.38. The van der Waals surface area contributed by atoms with Gasteiger partial charge < -0.3 is 10.6 Å². The highest BCUT2D eigenvalue weighted by Crippen LogP contribution is 2.28. The number of likely N-dealkylation sites (N-methyl/N-ethyl adjacent to an activating group) is 1.